The molecule has 0 radical (unpaired) electrons. The summed E-state index contributed by atoms with van der Waals surface area (Å²) in [7, 11) is 0. The van der Waals surface area contributed by atoms with Crippen LogP contribution in [0.15, 0.2) is 59.7 Å². The lowest BCUT2D eigenvalue weighted by atomic mass is 10.0. The third-order valence-electron chi connectivity index (χ3n) is 2.90. The van der Waals surface area contributed by atoms with Crippen molar-refractivity contribution in [2.45, 2.75) is 0 Å². The number of fused-ring (bicyclic) bond motifs is 3. The molecular formula is C14H9N3. The maximum Gasteiger partial charge on any atom is 0.0460 e. The van der Waals surface area contributed by atoms with Gasteiger partial charge in [0.25, 0.3) is 0 Å². The normalized spacial score (nSPS) is 10.4. The second-order valence-corrected chi connectivity index (χ2v) is 3.85. The van der Waals surface area contributed by atoms with Crippen LogP contribution >= 0.6 is 0 Å². The number of nitrogens with zero attached hydrogens (tertiary/aromatic N) is 3. The third kappa shape index (κ3) is 1.50. The van der Waals surface area contributed by atoms with Gasteiger partial charge in [-0.25, -0.2) is 0 Å². The smallest absolute Gasteiger partial charge is 0.0460 e. The molecule has 0 aromatic heterocycles. The molecule has 0 atom stereocenters. The highest BCUT2D eigenvalue weighted by atomic mass is 15.1. The summed E-state index contributed by atoms with van der Waals surface area (Å²) in [4.78, 5) is 2.89. The molecule has 0 bridgehead atoms. The fourth-order valence-electron chi connectivity index (χ4n) is 2.17. The molecule has 0 N–H and O–H groups in total. The first kappa shape index (κ1) is 9.70. The minimum Gasteiger partial charge on any atom is -0.0616 e. The van der Waals surface area contributed by atoms with Crippen molar-refractivity contribution >= 4 is 27.2 Å². The summed E-state index contributed by atoms with van der Waals surface area (Å²) in [5.74, 6) is 0. The Morgan fingerprint density at radius 3 is 2.24 bits per heavy atom. The Labute approximate surface area is 97.9 Å². The highest BCUT2D eigenvalue weighted by Gasteiger charge is 2.03. The molecule has 0 heterocycles. The third-order valence-corrected chi connectivity index (χ3v) is 2.90. The summed E-state index contributed by atoms with van der Waals surface area (Å²) < 4.78 is 0. The fraction of sp³-hybridized carbons (Fsp3) is 0. The maximum atomic E-state index is 8.61. The van der Waals surface area contributed by atoms with Gasteiger partial charge in [-0.2, -0.15) is 0 Å². The van der Waals surface area contributed by atoms with E-state index in [0.717, 1.165) is 16.2 Å². The minimum absolute atomic E-state index is 0.682. The van der Waals surface area contributed by atoms with Crippen LogP contribution in [-0.4, -0.2) is 0 Å². The molecule has 3 aromatic carbocycles. The van der Waals surface area contributed by atoms with E-state index in [9.17, 15) is 0 Å². The SMILES string of the molecule is [N-]=[N+]=Nc1cc2ccccc2c2ccccc12. The van der Waals surface area contributed by atoms with Gasteiger partial charge in [-0.1, -0.05) is 53.6 Å². The van der Waals surface area contributed by atoms with Gasteiger partial charge in [-0.05, 0) is 33.1 Å². The van der Waals surface area contributed by atoms with Crippen LogP contribution < -0.4 is 0 Å². The first-order valence-corrected chi connectivity index (χ1v) is 5.36. The van der Waals surface area contributed by atoms with Crippen LogP contribution in [0.25, 0.3) is 32.0 Å². The van der Waals surface area contributed by atoms with Gasteiger partial charge in [0.05, 0.1) is 0 Å². The molecule has 0 amide bonds. The van der Waals surface area contributed by atoms with Crippen molar-refractivity contribution in [3.05, 3.63) is 65.0 Å². The average molecular weight is 219 g/mol. The zero-order valence-electron chi connectivity index (χ0n) is 9.04. The topological polar surface area (TPSA) is 48.8 Å². The van der Waals surface area contributed by atoms with Crippen LogP contribution in [0.4, 0.5) is 5.69 Å². The Morgan fingerprint density at radius 2 is 1.47 bits per heavy atom. The Bertz CT molecular complexity index is 756. The molecule has 0 unspecified atom stereocenters. The van der Waals surface area contributed by atoms with Crippen molar-refractivity contribution < 1.29 is 0 Å². The molecule has 0 saturated carbocycles. The monoisotopic (exact) mass is 219 g/mol. The summed E-state index contributed by atoms with van der Waals surface area (Å²) in [5.41, 5.74) is 9.29. The molecule has 0 aliphatic heterocycles. The molecule has 0 aliphatic carbocycles. The number of hydrogen-bond acceptors (Lipinski definition) is 1. The van der Waals surface area contributed by atoms with E-state index in [1.54, 1.807) is 0 Å². The molecule has 3 aromatic rings. The van der Waals surface area contributed by atoms with Crippen molar-refractivity contribution in [3.8, 4) is 0 Å². The molecule has 0 aliphatic rings. The Kier molecular flexibility index (Phi) is 2.18. The summed E-state index contributed by atoms with van der Waals surface area (Å²) in [6.07, 6.45) is 0. The largest absolute Gasteiger partial charge is 0.0616 e. The van der Waals surface area contributed by atoms with Crippen LogP contribution in [-0.2, 0) is 0 Å². The Balaban J connectivity index is 2.59. The predicted molar refractivity (Wildman–Crippen MR) is 70.3 cm³/mol. The second kappa shape index (κ2) is 3.81. The van der Waals surface area contributed by atoms with E-state index in [-0.39, 0.29) is 0 Å². The van der Waals surface area contributed by atoms with Gasteiger partial charge in [0.1, 0.15) is 0 Å². The van der Waals surface area contributed by atoms with E-state index in [0.29, 0.717) is 5.69 Å². The molecule has 80 valence electrons. The van der Waals surface area contributed by atoms with Crippen LogP contribution in [0.5, 0.6) is 0 Å². The van der Waals surface area contributed by atoms with E-state index < -0.39 is 0 Å². The standard InChI is InChI=1S/C14H9N3/c15-17-16-14-9-10-5-1-2-6-11(10)12-7-3-4-8-13(12)14/h1-9H. The number of benzene rings is 3. The van der Waals surface area contributed by atoms with Crippen molar-refractivity contribution in [1.29, 1.82) is 0 Å². The van der Waals surface area contributed by atoms with Gasteiger partial charge in [0, 0.05) is 10.6 Å². The van der Waals surface area contributed by atoms with Gasteiger partial charge < -0.3 is 0 Å². The number of hydrogen-bond donors (Lipinski definition) is 0. The van der Waals surface area contributed by atoms with E-state index in [4.69, 9.17) is 5.53 Å². The van der Waals surface area contributed by atoms with E-state index in [1.807, 2.05) is 48.5 Å². The average Bonchev–Trinajstić information content (AvgIpc) is 2.39. The summed E-state index contributed by atoms with van der Waals surface area (Å²) in [6, 6.07) is 18.0. The van der Waals surface area contributed by atoms with Crippen LogP contribution in [0.1, 0.15) is 0 Å². The van der Waals surface area contributed by atoms with Gasteiger partial charge in [0.2, 0.25) is 0 Å². The lowest BCUT2D eigenvalue weighted by Crippen LogP contribution is -1.77. The van der Waals surface area contributed by atoms with E-state index in [2.05, 4.69) is 16.1 Å². The van der Waals surface area contributed by atoms with Crippen LogP contribution in [0.2, 0.25) is 0 Å². The maximum absolute atomic E-state index is 8.61. The van der Waals surface area contributed by atoms with Crippen LogP contribution in [0, 0.1) is 0 Å². The Morgan fingerprint density at radius 1 is 0.824 bits per heavy atom. The molecule has 0 fully saturated rings. The molecular weight excluding hydrogens is 210 g/mol. The first-order valence-electron chi connectivity index (χ1n) is 5.36. The summed E-state index contributed by atoms with van der Waals surface area (Å²) >= 11 is 0. The zero-order chi connectivity index (χ0) is 11.7. The van der Waals surface area contributed by atoms with Gasteiger partial charge >= 0.3 is 0 Å². The fourth-order valence-corrected chi connectivity index (χ4v) is 2.17. The highest BCUT2D eigenvalue weighted by Crippen LogP contribution is 2.33. The van der Waals surface area contributed by atoms with Crippen molar-refractivity contribution in [2.75, 3.05) is 0 Å². The second-order valence-electron chi connectivity index (χ2n) is 3.85. The first-order chi connectivity index (χ1) is 8.40. The quantitative estimate of drug-likeness (QED) is 0.241. The lowest BCUT2D eigenvalue weighted by molar-refractivity contribution is 1.53. The molecule has 0 spiro atoms. The summed E-state index contributed by atoms with van der Waals surface area (Å²) in [6.45, 7) is 0. The van der Waals surface area contributed by atoms with Crippen molar-refractivity contribution in [2.24, 2.45) is 5.11 Å². The van der Waals surface area contributed by atoms with Gasteiger partial charge in [-0.3, -0.25) is 0 Å². The zero-order valence-corrected chi connectivity index (χ0v) is 9.04. The van der Waals surface area contributed by atoms with Gasteiger partial charge in [0.15, 0.2) is 0 Å². The number of rotatable bonds is 1. The van der Waals surface area contributed by atoms with Crippen molar-refractivity contribution in [1.82, 2.24) is 0 Å². The van der Waals surface area contributed by atoms with Crippen molar-refractivity contribution in [3.63, 3.8) is 0 Å². The van der Waals surface area contributed by atoms with E-state index in [1.165, 1.54) is 5.39 Å². The Hall–Kier alpha value is -2.51. The predicted octanol–water partition coefficient (Wildman–Crippen LogP) is 4.93. The number of azide groups is 1. The lowest BCUT2D eigenvalue weighted by Gasteiger charge is -2.06. The van der Waals surface area contributed by atoms with E-state index >= 15 is 0 Å². The molecule has 3 heteroatoms. The molecule has 3 rings (SSSR count). The van der Waals surface area contributed by atoms with Gasteiger partial charge in [-0.15, -0.1) is 0 Å². The minimum atomic E-state index is 0.682. The summed E-state index contributed by atoms with van der Waals surface area (Å²) in [5, 5.41) is 8.15. The molecule has 3 nitrogen and oxygen atoms in total. The molecule has 17 heavy (non-hydrogen) atoms. The highest BCUT2D eigenvalue weighted by molar-refractivity contribution is 6.12. The van der Waals surface area contributed by atoms with Crippen LogP contribution in [0.3, 0.4) is 0 Å². The molecule has 0 saturated heterocycles.